The molecule has 1 heterocycles. The highest BCUT2D eigenvalue weighted by atomic mass is 35.5. The van der Waals surface area contributed by atoms with Gasteiger partial charge in [0.05, 0.1) is 0 Å². The molecule has 0 aromatic heterocycles. The van der Waals surface area contributed by atoms with E-state index in [1.165, 1.54) is 0 Å². The maximum atomic E-state index is 12.8. The summed E-state index contributed by atoms with van der Waals surface area (Å²) in [6.45, 7) is 5.02. The number of piperazine rings is 1. The van der Waals surface area contributed by atoms with E-state index in [0.717, 1.165) is 29.5 Å². The summed E-state index contributed by atoms with van der Waals surface area (Å²) >= 11 is 5.95. The summed E-state index contributed by atoms with van der Waals surface area (Å²) in [5.41, 5.74) is 1.14. The summed E-state index contributed by atoms with van der Waals surface area (Å²) in [6.07, 6.45) is 0.231. The number of benzene rings is 2. The van der Waals surface area contributed by atoms with Crippen LogP contribution in [-0.4, -0.2) is 43.1 Å². The molecule has 1 aliphatic heterocycles. The Balaban J connectivity index is 1.57. The molecule has 3 rings (SSSR count). The summed E-state index contributed by atoms with van der Waals surface area (Å²) in [5.74, 6) is 0.810. The molecule has 0 unspecified atom stereocenters. The van der Waals surface area contributed by atoms with Crippen LogP contribution in [0.1, 0.15) is 13.3 Å². The number of carbonyl (C=O) groups excluding carboxylic acids is 1. The second kappa shape index (κ2) is 8.26. The van der Waals surface area contributed by atoms with E-state index in [2.05, 4.69) is 4.90 Å². The molecule has 1 aliphatic rings. The first-order chi connectivity index (χ1) is 12.2. The minimum Gasteiger partial charge on any atom is -0.481 e. The first kappa shape index (κ1) is 17.6. The summed E-state index contributed by atoms with van der Waals surface area (Å²) < 4.78 is 5.88. The largest absolute Gasteiger partial charge is 0.481 e. The maximum absolute atomic E-state index is 12.8. The van der Waals surface area contributed by atoms with Gasteiger partial charge in [0.15, 0.2) is 6.10 Å². The van der Waals surface area contributed by atoms with Gasteiger partial charge in [-0.1, -0.05) is 36.7 Å². The second-order valence-electron chi connectivity index (χ2n) is 6.12. The minimum atomic E-state index is -0.426. The predicted molar refractivity (Wildman–Crippen MR) is 101 cm³/mol. The number of para-hydroxylation sites is 1. The molecule has 25 heavy (non-hydrogen) atoms. The number of carbonyl (C=O) groups is 1. The molecule has 0 aliphatic carbocycles. The molecule has 0 spiro atoms. The molecular weight excluding hydrogens is 336 g/mol. The minimum absolute atomic E-state index is 0.0714. The lowest BCUT2D eigenvalue weighted by Crippen LogP contribution is -2.52. The molecule has 1 saturated heterocycles. The molecule has 1 fully saturated rings. The number of halogens is 1. The van der Waals surface area contributed by atoms with Crippen molar-refractivity contribution in [1.82, 2.24) is 4.90 Å². The van der Waals surface area contributed by atoms with Crippen LogP contribution in [-0.2, 0) is 4.79 Å². The van der Waals surface area contributed by atoms with Gasteiger partial charge >= 0.3 is 0 Å². The molecule has 0 N–H and O–H groups in total. The average molecular weight is 359 g/mol. The number of amides is 1. The normalized spacial score (nSPS) is 15.8. The fourth-order valence-corrected chi connectivity index (χ4v) is 3.14. The fraction of sp³-hybridized carbons (Fsp3) is 0.350. The summed E-state index contributed by atoms with van der Waals surface area (Å²) in [4.78, 5) is 17.0. The van der Waals surface area contributed by atoms with Crippen molar-refractivity contribution in [3.05, 3.63) is 59.6 Å². The first-order valence-corrected chi connectivity index (χ1v) is 9.06. The molecule has 1 atom stereocenters. The molecule has 1 amide bonds. The Hall–Kier alpha value is -2.20. The van der Waals surface area contributed by atoms with E-state index in [4.69, 9.17) is 16.3 Å². The van der Waals surface area contributed by atoms with Crippen LogP contribution in [0, 0.1) is 0 Å². The Morgan fingerprint density at radius 1 is 1.04 bits per heavy atom. The van der Waals surface area contributed by atoms with Crippen LogP contribution in [0.3, 0.4) is 0 Å². The van der Waals surface area contributed by atoms with E-state index in [1.54, 1.807) is 0 Å². The molecule has 4 nitrogen and oxygen atoms in total. The molecule has 5 heteroatoms. The van der Waals surface area contributed by atoms with Gasteiger partial charge in [0.2, 0.25) is 0 Å². The van der Waals surface area contributed by atoms with Gasteiger partial charge < -0.3 is 14.5 Å². The third-order valence-corrected chi connectivity index (χ3v) is 4.70. The van der Waals surface area contributed by atoms with E-state index in [0.29, 0.717) is 19.5 Å². The van der Waals surface area contributed by atoms with Gasteiger partial charge in [-0.3, -0.25) is 4.79 Å². The van der Waals surface area contributed by atoms with Crippen LogP contribution in [0.4, 0.5) is 5.69 Å². The van der Waals surface area contributed by atoms with Crippen molar-refractivity contribution in [3.8, 4) is 5.75 Å². The molecule has 0 radical (unpaired) electrons. The Morgan fingerprint density at radius 2 is 1.68 bits per heavy atom. The van der Waals surface area contributed by atoms with E-state index in [-0.39, 0.29) is 5.91 Å². The van der Waals surface area contributed by atoms with E-state index in [1.807, 2.05) is 66.4 Å². The van der Waals surface area contributed by atoms with E-state index >= 15 is 0 Å². The molecule has 2 aromatic rings. The highest BCUT2D eigenvalue weighted by Crippen LogP contribution is 2.20. The van der Waals surface area contributed by atoms with Crippen molar-refractivity contribution in [2.24, 2.45) is 0 Å². The van der Waals surface area contributed by atoms with Gasteiger partial charge in [-0.05, 0) is 42.8 Å². The number of hydrogen-bond donors (Lipinski definition) is 0. The summed E-state index contributed by atoms with van der Waals surface area (Å²) in [5, 5.41) is 0.737. The van der Waals surface area contributed by atoms with Gasteiger partial charge in [0, 0.05) is 36.9 Å². The molecule has 0 saturated carbocycles. The zero-order valence-corrected chi connectivity index (χ0v) is 15.2. The highest BCUT2D eigenvalue weighted by molar-refractivity contribution is 6.30. The van der Waals surface area contributed by atoms with Gasteiger partial charge in [0.25, 0.3) is 5.91 Å². The van der Waals surface area contributed by atoms with Gasteiger partial charge in [-0.15, -0.1) is 0 Å². The van der Waals surface area contributed by atoms with Crippen molar-refractivity contribution in [2.75, 3.05) is 31.1 Å². The smallest absolute Gasteiger partial charge is 0.263 e. The number of ether oxygens (including phenoxy) is 1. The lowest BCUT2D eigenvalue weighted by Gasteiger charge is -2.37. The Bertz CT molecular complexity index is 683. The van der Waals surface area contributed by atoms with Crippen molar-refractivity contribution in [1.29, 1.82) is 0 Å². The number of nitrogens with zero attached hydrogens (tertiary/aromatic N) is 2. The number of anilines is 1. The summed E-state index contributed by atoms with van der Waals surface area (Å²) in [6, 6.07) is 17.4. The zero-order valence-electron chi connectivity index (χ0n) is 14.4. The fourth-order valence-electron chi connectivity index (χ4n) is 3.01. The zero-order chi connectivity index (χ0) is 17.6. The molecule has 2 aromatic carbocycles. The first-order valence-electron chi connectivity index (χ1n) is 8.68. The van der Waals surface area contributed by atoms with Crippen LogP contribution < -0.4 is 9.64 Å². The Kier molecular flexibility index (Phi) is 5.82. The summed E-state index contributed by atoms with van der Waals surface area (Å²) in [7, 11) is 0. The lowest BCUT2D eigenvalue weighted by molar-refractivity contribution is -0.139. The Morgan fingerprint density at radius 3 is 2.28 bits per heavy atom. The van der Waals surface area contributed by atoms with Crippen LogP contribution in [0.15, 0.2) is 54.6 Å². The van der Waals surface area contributed by atoms with Crippen molar-refractivity contribution in [3.63, 3.8) is 0 Å². The molecule has 132 valence electrons. The molecule has 0 bridgehead atoms. The number of hydrogen-bond acceptors (Lipinski definition) is 3. The van der Waals surface area contributed by atoms with Crippen LogP contribution in [0.2, 0.25) is 5.02 Å². The monoisotopic (exact) mass is 358 g/mol. The highest BCUT2D eigenvalue weighted by Gasteiger charge is 2.27. The SMILES string of the molecule is CC[C@@H](Oc1ccccc1)C(=O)N1CCN(c2ccc(Cl)cc2)CC1. The van der Waals surface area contributed by atoms with Crippen molar-refractivity contribution >= 4 is 23.2 Å². The second-order valence-corrected chi connectivity index (χ2v) is 6.55. The van der Waals surface area contributed by atoms with Crippen LogP contribution >= 0.6 is 11.6 Å². The van der Waals surface area contributed by atoms with Crippen molar-refractivity contribution in [2.45, 2.75) is 19.4 Å². The third kappa shape index (κ3) is 4.45. The van der Waals surface area contributed by atoms with E-state index < -0.39 is 6.10 Å². The van der Waals surface area contributed by atoms with Crippen LogP contribution in [0.5, 0.6) is 5.75 Å². The lowest BCUT2D eigenvalue weighted by atomic mass is 10.2. The Labute approximate surface area is 154 Å². The van der Waals surface area contributed by atoms with Crippen LogP contribution in [0.25, 0.3) is 0 Å². The molecular formula is C20H23ClN2O2. The quantitative estimate of drug-likeness (QED) is 0.814. The standard InChI is InChI=1S/C20H23ClN2O2/c1-2-19(25-18-6-4-3-5-7-18)20(24)23-14-12-22(13-15-23)17-10-8-16(21)9-11-17/h3-11,19H,2,12-15H2,1H3/t19-/m1/s1. The predicted octanol–water partition coefficient (Wildman–Crippen LogP) is 3.85. The van der Waals surface area contributed by atoms with Crippen molar-refractivity contribution < 1.29 is 9.53 Å². The van der Waals surface area contributed by atoms with E-state index in [9.17, 15) is 4.79 Å². The average Bonchev–Trinajstić information content (AvgIpc) is 2.67. The third-order valence-electron chi connectivity index (χ3n) is 4.45. The van der Waals surface area contributed by atoms with Gasteiger partial charge in [-0.25, -0.2) is 0 Å². The maximum Gasteiger partial charge on any atom is 0.263 e. The number of rotatable bonds is 5. The van der Waals surface area contributed by atoms with Gasteiger partial charge in [-0.2, -0.15) is 0 Å². The topological polar surface area (TPSA) is 32.8 Å². The van der Waals surface area contributed by atoms with Gasteiger partial charge in [0.1, 0.15) is 5.75 Å².